The summed E-state index contributed by atoms with van der Waals surface area (Å²) in [6.07, 6.45) is 6.58. The molecule has 0 saturated heterocycles. The highest BCUT2D eigenvalue weighted by atomic mass is 35.5. The fraction of sp³-hybridized carbons (Fsp3) is 0.625. The lowest BCUT2D eigenvalue weighted by Crippen LogP contribution is -2.37. The molecule has 1 aliphatic carbocycles. The van der Waals surface area contributed by atoms with Gasteiger partial charge in [0.15, 0.2) is 0 Å². The summed E-state index contributed by atoms with van der Waals surface area (Å²) in [6.45, 7) is 4.57. The van der Waals surface area contributed by atoms with Gasteiger partial charge in [0.05, 0.1) is 0 Å². The minimum Gasteiger partial charge on any atom is -0.311 e. The van der Waals surface area contributed by atoms with Gasteiger partial charge < -0.3 is 5.32 Å². The van der Waals surface area contributed by atoms with Gasteiger partial charge in [-0.25, -0.2) is 0 Å². The number of nitrogens with one attached hydrogen (secondary N) is 1. The summed E-state index contributed by atoms with van der Waals surface area (Å²) < 4.78 is 0. The summed E-state index contributed by atoms with van der Waals surface area (Å²) >= 11 is 5.90. The minimum absolute atomic E-state index is 0.537. The highest BCUT2D eigenvalue weighted by Gasteiger charge is 2.25. The number of hydrogen-bond acceptors (Lipinski definition) is 1. The molecule has 0 heterocycles. The van der Waals surface area contributed by atoms with Crippen molar-refractivity contribution in [1.82, 2.24) is 5.32 Å². The molecule has 0 amide bonds. The van der Waals surface area contributed by atoms with Gasteiger partial charge >= 0.3 is 0 Å². The Labute approximate surface area is 116 Å². The second-order valence-corrected chi connectivity index (χ2v) is 6.12. The van der Waals surface area contributed by atoms with Crippen molar-refractivity contribution in [2.75, 3.05) is 0 Å². The van der Waals surface area contributed by atoms with E-state index in [9.17, 15) is 0 Å². The summed E-state index contributed by atoms with van der Waals surface area (Å²) in [4.78, 5) is 0. The summed E-state index contributed by atoms with van der Waals surface area (Å²) in [6, 6.07) is 9.44. The Hall–Kier alpha value is -0.530. The molecule has 1 N–H and O–H groups in total. The van der Waals surface area contributed by atoms with Gasteiger partial charge in [0.1, 0.15) is 0 Å². The molecule has 18 heavy (non-hydrogen) atoms. The summed E-state index contributed by atoms with van der Waals surface area (Å²) in [5, 5.41) is 4.59. The van der Waals surface area contributed by atoms with Crippen LogP contribution in [0.4, 0.5) is 0 Å². The van der Waals surface area contributed by atoms with Gasteiger partial charge in [-0.3, -0.25) is 0 Å². The summed E-state index contributed by atoms with van der Waals surface area (Å²) in [5.41, 5.74) is 1.36. The molecule has 2 atom stereocenters. The van der Waals surface area contributed by atoms with E-state index in [1.54, 1.807) is 0 Å². The van der Waals surface area contributed by atoms with Crippen molar-refractivity contribution in [3.05, 3.63) is 34.9 Å². The van der Waals surface area contributed by atoms with E-state index in [2.05, 4.69) is 31.3 Å². The molecule has 1 fully saturated rings. The summed E-state index contributed by atoms with van der Waals surface area (Å²) in [5.74, 6) is 1.00. The van der Waals surface area contributed by atoms with E-state index < -0.39 is 0 Å². The highest BCUT2D eigenvalue weighted by Crippen LogP contribution is 2.34. The van der Waals surface area contributed by atoms with Gasteiger partial charge in [-0.15, -0.1) is 0 Å². The maximum atomic E-state index is 5.90. The van der Waals surface area contributed by atoms with E-state index in [1.807, 2.05) is 12.1 Å². The Balaban J connectivity index is 1.79. The van der Waals surface area contributed by atoms with Crippen molar-refractivity contribution in [2.24, 2.45) is 5.92 Å². The van der Waals surface area contributed by atoms with Crippen LogP contribution in [-0.4, -0.2) is 12.1 Å². The van der Waals surface area contributed by atoms with Crippen molar-refractivity contribution in [3.63, 3.8) is 0 Å². The molecule has 2 unspecified atom stereocenters. The van der Waals surface area contributed by atoms with Gasteiger partial charge in [-0.2, -0.15) is 0 Å². The lowest BCUT2D eigenvalue weighted by atomic mass is 10.0. The molecule has 2 heteroatoms. The van der Waals surface area contributed by atoms with Gasteiger partial charge in [0, 0.05) is 17.1 Å². The molecule has 0 radical (unpaired) electrons. The zero-order valence-corrected chi connectivity index (χ0v) is 12.2. The highest BCUT2D eigenvalue weighted by molar-refractivity contribution is 6.30. The van der Waals surface area contributed by atoms with E-state index in [1.165, 1.54) is 31.2 Å². The average molecular weight is 266 g/mol. The van der Waals surface area contributed by atoms with Crippen LogP contribution in [0.5, 0.6) is 0 Å². The van der Waals surface area contributed by atoms with Gasteiger partial charge in [-0.1, -0.05) is 43.5 Å². The SMILES string of the molecule is CCC(CC1CC1)NC(C)Cc1ccc(Cl)cc1. The lowest BCUT2D eigenvalue weighted by Gasteiger charge is -2.22. The minimum atomic E-state index is 0.537. The van der Waals surface area contributed by atoms with Crippen LogP contribution in [0.1, 0.15) is 45.1 Å². The normalized spacial score (nSPS) is 18.6. The monoisotopic (exact) mass is 265 g/mol. The van der Waals surface area contributed by atoms with Gasteiger partial charge in [0.25, 0.3) is 0 Å². The third-order valence-electron chi connectivity index (χ3n) is 3.78. The molecule has 0 spiro atoms. The zero-order valence-electron chi connectivity index (χ0n) is 11.5. The standard InChI is InChI=1S/C16H24ClN/c1-3-16(11-14-4-5-14)18-12(2)10-13-6-8-15(17)9-7-13/h6-9,12,14,16,18H,3-5,10-11H2,1-2H3. The quantitative estimate of drug-likeness (QED) is 0.769. The van der Waals surface area contributed by atoms with Crippen LogP contribution in [0.15, 0.2) is 24.3 Å². The van der Waals surface area contributed by atoms with Gasteiger partial charge in [0.2, 0.25) is 0 Å². The Kier molecular flexibility index (Phi) is 5.08. The third kappa shape index (κ3) is 4.62. The summed E-state index contributed by atoms with van der Waals surface area (Å²) in [7, 11) is 0. The van der Waals surface area contributed by atoms with E-state index in [0.29, 0.717) is 12.1 Å². The van der Waals surface area contributed by atoms with Crippen LogP contribution < -0.4 is 5.32 Å². The molecule has 1 aromatic rings. The number of hydrogen-bond donors (Lipinski definition) is 1. The van der Waals surface area contributed by atoms with E-state index in [-0.39, 0.29) is 0 Å². The van der Waals surface area contributed by atoms with Crippen LogP contribution in [-0.2, 0) is 6.42 Å². The van der Waals surface area contributed by atoms with Crippen LogP contribution in [0.3, 0.4) is 0 Å². The molecule has 0 bridgehead atoms. The fourth-order valence-electron chi connectivity index (χ4n) is 2.54. The Morgan fingerprint density at radius 1 is 1.28 bits per heavy atom. The molecular formula is C16H24ClN. The topological polar surface area (TPSA) is 12.0 Å². The van der Waals surface area contributed by atoms with Crippen LogP contribution in [0.25, 0.3) is 0 Å². The maximum absolute atomic E-state index is 5.90. The van der Waals surface area contributed by atoms with Crippen LogP contribution >= 0.6 is 11.6 Å². The van der Waals surface area contributed by atoms with Crippen LogP contribution in [0, 0.1) is 5.92 Å². The van der Waals surface area contributed by atoms with Crippen molar-refractivity contribution in [1.29, 1.82) is 0 Å². The molecule has 1 saturated carbocycles. The average Bonchev–Trinajstić information content (AvgIpc) is 3.15. The molecule has 1 aliphatic rings. The molecule has 1 nitrogen and oxygen atoms in total. The third-order valence-corrected chi connectivity index (χ3v) is 4.03. The Bertz CT molecular complexity index is 356. The zero-order chi connectivity index (χ0) is 13.0. The largest absolute Gasteiger partial charge is 0.311 e. The second-order valence-electron chi connectivity index (χ2n) is 5.68. The predicted molar refractivity (Wildman–Crippen MR) is 79.2 cm³/mol. The first-order chi connectivity index (χ1) is 8.67. The van der Waals surface area contributed by atoms with Crippen molar-refractivity contribution >= 4 is 11.6 Å². The lowest BCUT2D eigenvalue weighted by molar-refractivity contribution is 0.396. The first kappa shape index (κ1) is 13.9. The van der Waals surface area contributed by atoms with Crippen molar-refractivity contribution in [3.8, 4) is 0 Å². The van der Waals surface area contributed by atoms with Gasteiger partial charge in [-0.05, 0) is 49.8 Å². The molecule has 2 rings (SSSR count). The number of benzene rings is 1. The van der Waals surface area contributed by atoms with E-state index in [4.69, 9.17) is 11.6 Å². The Morgan fingerprint density at radius 3 is 2.50 bits per heavy atom. The number of rotatable bonds is 7. The maximum Gasteiger partial charge on any atom is 0.0406 e. The molecule has 0 aromatic heterocycles. The number of halogens is 1. The Morgan fingerprint density at radius 2 is 1.94 bits per heavy atom. The molecule has 1 aromatic carbocycles. The van der Waals surface area contributed by atoms with Crippen LogP contribution in [0.2, 0.25) is 5.02 Å². The molecule has 100 valence electrons. The van der Waals surface area contributed by atoms with E-state index in [0.717, 1.165) is 17.4 Å². The molecular weight excluding hydrogens is 242 g/mol. The van der Waals surface area contributed by atoms with E-state index >= 15 is 0 Å². The first-order valence-electron chi connectivity index (χ1n) is 7.18. The smallest absolute Gasteiger partial charge is 0.0406 e. The first-order valence-corrected chi connectivity index (χ1v) is 7.55. The molecule has 0 aliphatic heterocycles. The van der Waals surface area contributed by atoms with Crippen molar-refractivity contribution in [2.45, 2.75) is 58.0 Å². The predicted octanol–water partition coefficient (Wildman–Crippen LogP) is 4.44. The van der Waals surface area contributed by atoms with Crippen molar-refractivity contribution < 1.29 is 0 Å². The fourth-order valence-corrected chi connectivity index (χ4v) is 2.67. The second kappa shape index (κ2) is 6.58.